The van der Waals surface area contributed by atoms with Crippen molar-refractivity contribution >= 4 is 61.3 Å². The highest BCUT2D eigenvalue weighted by Gasteiger charge is 2.19. The summed E-state index contributed by atoms with van der Waals surface area (Å²) in [6.07, 6.45) is -2.78. The van der Waals surface area contributed by atoms with Crippen LogP contribution in [0.15, 0.2) is 47.4 Å². The van der Waals surface area contributed by atoms with Crippen molar-refractivity contribution < 1.29 is 22.0 Å². The molecule has 7 nitrogen and oxygen atoms in total. The van der Waals surface area contributed by atoms with Crippen molar-refractivity contribution in [1.82, 2.24) is 10.2 Å². The maximum Gasteiger partial charge on any atom is 0.291 e. The molecule has 1 aromatic heterocycles. The van der Waals surface area contributed by atoms with Gasteiger partial charge >= 0.3 is 0 Å². The SMILES string of the molecule is O=C(Nc1nnc(C(F)F)s1)c1ccc(NS(=O)(=O)c2cc(Cl)ccc2Cl)cc1. The van der Waals surface area contributed by atoms with Crippen LogP contribution in [-0.2, 0) is 10.0 Å². The minimum atomic E-state index is -4.01. The fourth-order valence-electron chi connectivity index (χ4n) is 2.13. The summed E-state index contributed by atoms with van der Waals surface area (Å²) in [6.45, 7) is 0. The van der Waals surface area contributed by atoms with Gasteiger partial charge in [-0.05, 0) is 42.5 Å². The van der Waals surface area contributed by atoms with E-state index in [2.05, 4.69) is 20.2 Å². The lowest BCUT2D eigenvalue weighted by Gasteiger charge is -2.10. The van der Waals surface area contributed by atoms with Crippen molar-refractivity contribution in [2.24, 2.45) is 0 Å². The highest BCUT2D eigenvalue weighted by Crippen LogP contribution is 2.27. The molecule has 0 fully saturated rings. The van der Waals surface area contributed by atoms with E-state index < -0.39 is 27.4 Å². The first-order valence-corrected chi connectivity index (χ1v) is 10.7. The molecular formula is C16H10Cl2F2N4O3S2. The van der Waals surface area contributed by atoms with Crippen LogP contribution in [0.2, 0.25) is 10.0 Å². The van der Waals surface area contributed by atoms with E-state index in [0.717, 1.165) is 0 Å². The van der Waals surface area contributed by atoms with Crippen molar-refractivity contribution in [3.05, 3.63) is 63.1 Å². The summed E-state index contributed by atoms with van der Waals surface area (Å²) in [4.78, 5) is 12.0. The Labute approximate surface area is 177 Å². The summed E-state index contributed by atoms with van der Waals surface area (Å²) in [6, 6.07) is 9.44. The summed E-state index contributed by atoms with van der Waals surface area (Å²) in [5.41, 5.74) is 0.330. The van der Waals surface area contributed by atoms with Gasteiger partial charge in [-0.3, -0.25) is 14.8 Å². The van der Waals surface area contributed by atoms with E-state index in [-0.39, 0.29) is 31.3 Å². The number of hydrogen-bond donors (Lipinski definition) is 2. The second kappa shape index (κ2) is 8.57. The smallest absolute Gasteiger partial charge is 0.291 e. The molecule has 152 valence electrons. The molecule has 0 aliphatic heterocycles. The number of anilines is 2. The Balaban J connectivity index is 1.72. The number of carbonyl (C=O) groups excluding carboxylic acids is 1. The molecule has 3 aromatic rings. The zero-order valence-corrected chi connectivity index (χ0v) is 17.2. The fourth-order valence-corrected chi connectivity index (χ4v) is 4.54. The number of nitrogens with one attached hydrogen (secondary N) is 2. The van der Waals surface area contributed by atoms with Crippen LogP contribution >= 0.6 is 34.5 Å². The van der Waals surface area contributed by atoms with Gasteiger partial charge < -0.3 is 0 Å². The number of benzene rings is 2. The molecule has 0 aliphatic rings. The van der Waals surface area contributed by atoms with Crippen LogP contribution in [0.4, 0.5) is 19.6 Å². The lowest BCUT2D eigenvalue weighted by molar-refractivity contribution is 0.102. The normalized spacial score (nSPS) is 11.5. The third-order valence-corrected chi connectivity index (χ3v) is 6.37. The second-order valence-corrected chi connectivity index (χ2v) is 8.96. The molecule has 13 heteroatoms. The maximum atomic E-state index is 12.5. The van der Waals surface area contributed by atoms with E-state index in [1.165, 1.54) is 42.5 Å². The summed E-state index contributed by atoms with van der Waals surface area (Å²) < 4.78 is 52.3. The Bertz CT molecular complexity index is 1160. The number of carbonyl (C=O) groups is 1. The number of rotatable bonds is 6. The molecule has 0 saturated heterocycles. The number of aromatic nitrogens is 2. The molecule has 29 heavy (non-hydrogen) atoms. The molecule has 0 radical (unpaired) electrons. The van der Waals surface area contributed by atoms with Gasteiger partial charge in [0.25, 0.3) is 22.4 Å². The third kappa shape index (κ3) is 5.18. The van der Waals surface area contributed by atoms with Gasteiger partial charge in [-0.25, -0.2) is 17.2 Å². The standard InChI is InChI=1S/C16H10Cl2F2N4O3S2/c17-9-3-6-11(18)12(7-9)29(26,27)24-10-4-1-8(2-5-10)14(25)21-16-23-22-15(28-16)13(19)20/h1-7,13,24H,(H,21,23,25). The number of hydrogen-bond acceptors (Lipinski definition) is 6. The first kappa shape index (κ1) is 21.4. The summed E-state index contributed by atoms with van der Waals surface area (Å²) in [7, 11) is -4.01. The van der Waals surface area contributed by atoms with Crippen molar-refractivity contribution in [1.29, 1.82) is 0 Å². The molecule has 2 N–H and O–H groups in total. The minimum Gasteiger partial charge on any atom is -0.296 e. The van der Waals surface area contributed by atoms with Gasteiger partial charge in [0, 0.05) is 16.3 Å². The van der Waals surface area contributed by atoms with Gasteiger partial charge in [0.2, 0.25) is 5.13 Å². The highest BCUT2D eigenvalue weighted by molar-refractivity contribution is 7.92. The van der Waals surface area contributed by atoms with Gasteiger partial charge in [0.1, 0.15) is 4.90 Å². The van der Waals surface area contributed by atoms with Crippen LogP contribution in [0.3, 0.4) is 0 Å². The van der Waals surface area contributed by atoms with Crippen LogP contribution in [0.5, 0.6) is 0 Å². The van der Waals surface area contributed by atoms with E-state index in [1.54, 1.807) is 0 Å². The van der Waals surface area contributed by atoms with Crippen LogP contribution < -0.4 is 10.0 Å². The van der Waals surface area contributed by atoms with Crippen LogP contribution in [0.1, 0.15) is 21.8 Å². The first-order chi connectivity index (χ1) is 13.7. The Morgan fingerprint density at radius 2 is 1.76 bits per heavy atom. The summed E-state index contributed by atoms with van der Waals surface area (Å²) in [5.74, 6) is -0.616. The van der Waals surface area contributed by atoms with E-state index >= 15 is 0 Å². The van der Waals surface area contributed by atoms with E-state index in [1.807, 2.05) is 0 Å². The Morgan fingerprint density at radius 1 is 1.07 bits per heavy atom. The molecule has 0 unspecified atom stereocenters. The molecular weight excluding hydrogens is 469 g/mol. The second-order valence-electron chi connectivity index (χ2n) is 5.46. The molecule has 0 bridgehead atoms. The lowest BCUT2D eigenvalue weighted by atomic mass is 10.2. The number of sulfonamides is 1. The molecule has 0 saturated carbocycles. The van der Waals surface area contributed by atoms with Crippen molar-refractivity contribution in [2.75, 3.05) is 10.0 Å². The lowest BCUT2D eigenvalue weighted by Crippen LogP contribution is -2.14. The third-order valence-electron chi connectivity index (χ3n) is 3.43. The monoisotopic (exact) mass is 478 g/mol. The molecule has 1 heterocycles. The van der Waals surface area contributed by atoms with Crippen molar-refractivity contribution in [3.8, 4) is 0 Å². The average Bonchev–Trinajstić information content (AvgIpc) is 3.12. The number of alkyl halides is 2. The van der Waals surface area contributed by atoms with Crippen molar-refractivity contribution in [2.45, 2.75) is 11.3 Å². The van der Waals surface area contributed by atoms with Crippen LogP contribution in [-0.4, -0.2) is 24.5 Å². The predicted octanol–water partition coefficient (Wildman–Crippen LogP) is 4.84. The maximum absolute atomic E-state index is 12.5. The molecule has 0 spiro atoms. The van der Waals surface area contributed by atoms with Gasteiger partial charge in [0.05, 0.1) is 5.02 Å². The van der Waals surface area contributed by atoms with Crippen molar-refractivity contribution in [3.63, 3.8) is 0 Å². The average molecular weight is 479 g/mol. The van der Waals surface area contributed by atoms with Crippen LogP contribution in [0, 0.1) is 0 Å². The summed E-state index contributed by atoms with van der Waals surface area (Å²) >= 11 is 12.3. The van der Waals surface area contributed by atoms with Gasteiger partial charge in [-0.15, -0.1) is 10.2 Å². The molecule has 2 aromatic carbocycles. The Morgan fingerprint density at radius 3 is 2.38 bits per heavy atom. The van der Waals surface area contributed by atoms with E-state index in [4.69, 9.17) is 23.2 Å². The quantitative estimate of drug-likeness (QED) is 0.527. The number of amides is 1. The zero-order chi connectivity index (χ0) is 21.2. The highest BCUT2D eigenvalue weighted by atomic mass is 35.5. The molecule has 0 aliphatic carbocycles. The Hall–Kier alpha value is -2.34. The van der Waals surface area contributed by atoms with E-state index in [9.17, 15) is 22.0 Å². The first-order valence-electron chi connectivity index (χ1n) is 7.66. The zero-order valence-electron chi connectivity index (χ0n) is 14.1. The predicted molar refractivity (Wildman–Crippen MR) is 107 cm³/mol. The number of halogens is 4. The Kier molecular flexibility index (Phi) is 6.32. The molecule has 0 atom stereocenters. The van der Waals surface area contributed by atoms with Gasteiger partial charge in [0.15, 0.2) is 5.01 Å². The van der Waals surface area contributed by atoms with Gasteiger partial charge in [-0.2, -0.15) is 0 Å². The molecule has 3 rings (SSSR count). The van der Waals surface area contributed by atoms with E-state index in [0.29, 0.717) is 11.3 Å². The minimum absolute atomic E-state index is 0.00174. The fraction of sp³-hybridized carbons (Fsp3) is 0.0625. The summed E-state index contributed by atoms with van der Waals surface area (Å²) in [5, 5.41) is 8.68. The van der Waals surface area contributed by atoms with Gasteiger partial charge in [-0.1, -0.05) is 34.5 Å². The number of nitrogens with zero attached hydrogens (tertiary/aromatic N) is 2. The topological polar surface area (TPSA) is 101 Å². The van der Waals surface area contributed by atoms with Crippen LogP contribution in [0.25, 0.3) is 0 Å². The molecule has 1 amide bonds. The largest absolute Gasteiger partial charge is 0.296 e.